The number of benzene rings is 1. The lowest BCUT2D eigenvalue weighted by Gasteiger charge is -2.34. The van der Waals surface area contributed by atoms with Crippen molar-refractivity contribution >= 4 is 29.0 Å². The van der Waals surface area contributed by atoms with Crippen LogP contribution in [0.25, 0.3) is 5.70 Å². The maximum atomic E-state index is 12.6. The number of nitrogens with zero attached hydrogens (tertiary/aromatic N) is 4. The first kappa shape index (κ1) is 26.6. The van der Waals surface area contributed by atoms with E-state index >= 15 is 0 Å². The number of aliphatic imine (C=N–C) groups is 1. The minimum Gasteiger partial charge on any atom is -0.358 e. The van der Waals surface area contributed by atoms with E-state index in [0.29, 0.717) is 41.2 Å². The maximum absolute atomic E-state index is 12.6. The molecule has 180 valence electrons. The van der Waals surface area contributed by atoms with Gasteiger partial charge < -0.3 is 20.3 Å². The van der Waals surface area contributed by atoms with E-state index in [2.05, 4.69) is 27.8 Å². The molecule has 0 saturated carbocycles. The van der Waals surface area contributed by atoms with Crippen LogP contribution in [-0.2, 0) is 14.3 Å². The van der Waals surface area contributed by atoms with Crippen LogP contribution in [0.2, 0.25) is 0 Å². The second-order valence-electron chi connectivity index (χ2n) is 8.33. The number of unbranched alkanes of at least 4 members (excludes halogenated alkanes) is 1. The topological polar surface area (TPSA) is 131 Å². The third-order valence-corrected chi connectivity index (χ3v) is 5.69. The van der Waals surface area contributed by atoms with E-state index in [-0.39, 0.29) is 18.4 Å². The van der Waals surface area contributed by atoms with Crippen LogP contribution in [0.5, 0.6) is 0 Å². The molecule has 0 aromatic heterocycles. The average Bonchev–Trinajstić information content (AvgIpc) is 2.83. The van der Waals surface area contributed by atoms with Crippen LogP contribution in [0, 0.1) is 22.7 Å². The molecule has 2 amide bonds. The number of amides is 2. The smallest absolute Gasteiger partial charge is 0.240 e. The maximum Gasteiger partial charge on any atom is 0.240 e. The Balaban J connectivity index is 2.32. The van der Waals surface area contributed by atoms with Crippen molar-refractivity contribution in [2.24, 2.45) is 4.99 Å². The van der Waals surface area contributed by atoms with E-state index in [4.69, 9.17) is 4.74 Å². The van der Waals surface area contributed by atoms with E-state index in [1.165, 1.54) is 7.11 Å². The summed E-state index contributed by atoms with van der Waals surface area (Å²) in [6.07, 6.45) is 3.70. The molecule has 2 N–H and O–H groups in total. The Hall–Kier alpha value is -3.69. The summed E-state index contributed by atoms with van der Waals surface area (Å²) in [7, 11) is 1.53. The fraction of sp³-hybridized carbons (Fsp3) is 0.480. The third-order valence-electron chi connectivity index (χ3n) is 5.69. The molecule has 0 spiro atoms. The number of carbonyl (C=O) groups excluding carboxylic acids is 2. The third kappa shape index (κ3) is 6.66. The SMILES string of the molecule is CCCCC(=O)Nc1cc(C#N)ccc1C1=CC(OC)N(CC(=O)NC(C)(C#N)CC)C(C)=N1. The van der Waals surface area contributed by atoms with Gasteiger partial charge in [-0.05, 0) is 51.0 Å². The quantitative estimate of drug-likeness (QED) is 0.544. The Morgan fingerprint density at radius 3 is 2.59 bits per heavy atom. The molecule has 0 bridgehead atoms. The molecule has 34 heavy (non-hydrogen) atoms. The van der Waals surface area contributed by atoms with Gasteiger partial charge in [-0.2, -0.15) is 10.5 Å². The van der Waals surface area contributed by atoms with Crippen molar-refractivity contribution in [2.75, 3.05) is 19.0 Å². The highest BCUT2D eigenvalue weighted by Gasteiger charge is 2.29. The summed E-state index contributed by atoms with van der Waals surface area (Å²) in [5, 5.41) is 24.3. The highest BCUT2D eigenvalue weighted by atomic mass is 16.5. The van der Waals surface area contributed by atoms with E-state index < -0.39 is 11.8 Å². The molecular weight excluding hydrogens is 432 g/mol. The minimum absolute atomic E-state index is 0.0388. The number of carbonyl (C=O) groups is 2. The number of ether oxygens (including phenoxy) is 1. The second kappa shape index (κ2) is 12.0. The number of amidine groups is 1. The van der Waals surface area contributed by atoms with E-state index in [1.54, 1.807) is 43.0 Å². The molecule has 9 nitrogen and oxygen atoms in total. The van der Waals surface area contributed by atoms with Gasteiger partial charge in [0, 0.05) is 19.1 Å². The number of nitrogens with one attached hydrogen (secondary N) is 2. The van der Waals surface area contributed by atoms with Gasteiger partial charge in [0.1, 0.15) is 17.9 Å². The minimum atomic E-state index is -0.950. The first-order chi connectivity index (χ1) is 16.2. The molecule has 0 fully saturated rings. The molecule has 1 aromatic carbocycles. The summed E-state index contributed by atoms with van der Waals surface area (Å²) in [5.41, 5.74) is 1.18. The van der Waals surface area contributed by atoms with Crippen molar-refractivity contribution in [3.8, 4) is 12.1 Å². The molecule has 9 heteroatoms. The lowest BCUT2D eigenvalue weighted by molar-refractivity contribution is -0.124. The molecule has 0 aliphatic carbocycles. The predicted molar refractivity (Wildman–Crippen MR) is 130 cm³/mol. The summed E-state index contributed by atoms with van der Waals surface area (Å²) in [6.45, 7) is 7.25. The van der Waals surface area contributed by atoms with Crippen molar-refractivity contribution < 1.29 is 14.3 Å². The summed E-state index contributed by atoms with van der Waals surface area (Å²) >= 11 is 0. The van der Waals surface area contributed by atoms with Gasteiger partial charge in [0.2, 0.25) is 11.8 Å². The van der Waals surface area contributed by atoms with E-state index in [1.807, 2.05) is 13.8 Å². The van der Waals surface area contributed by atoms with Gasteiger partial charge in [-0.3, -0.25) is 9.59 Å². The molecule has 1 aliphatic rings. The Morgan fingerprint density at radius 1 is 1.26 bits per heavy atom. The monoisotopic (exact) mass is 464 g/mol. The lowest BCUT2D eigenvalue weighted by Crippen LogP contribution is -2.52. The largest absolute Gasteiger partial charge is 0.358 e. The standard InChI is InChI=1S/C25H32N6O3/c1-6-8-9-22(32)29-20-12-18(14-26)10-11-19(20)21-13-24(34-5)31(17(3)28-21)15-23(33)30-25(4,7-2)16-27/h10-13,24H,6-9,15H2,1-5H3,(H,29,32)(H,30,33). The molecule has 2 atom stereocenters. The van der Waals surface area contributed by atoms with Gasteiger partial charge in [0.25, 0.3) is 0 Å². The van der Waals surface area contributed by atoms with Crippen LogP contribution in [-0.4, -0.2) is 48.0 Å². The van der Waals surface area contributed by atoms with Gasteiger partial charge in [-0.15, -0.1) is 0 Å². The lowest BCUT2D eigenvalue weighted by atomic mass is 10.0. The summed E-state index contributed by atoms with van der Waals surface area (Å²) in [4.78, 5) is 31.3. The number of rotatable bonds is 10. The van der Waals surface area contributed by atoms with Crippen LogP contribution in [0.4, 0.5) is 5.69 Å². The molecule has 0 saturated heterocycles. The highest BCUT2D eigenvalue weighted by molar-refractivity contribution is 5.97. The first-order valence-electron chi connectivity index (χ1n) is 11.3. The number of anilines is 1. The Bertz CT molecular complexity index is 1070. The summed E-state index contributed by atoms with van der Waals surface area (Å²) < 4.78 is 5.61. The number of methoxy groups -OCH3 is 1. The van der Waals surface area contributed by atoms with Crippen LogP contribution < -0.4 is 10.6 Å². The zero-order valence-corrected chi connectivity index (χ0v) is 20.4. The zero-order chi connectivity index (χ0) is 25.3. The van der Waals surface area contributed by atoms with Crippen molar-refractivity contribution in [3.05, 3.63) is 35.4 Å². The highest BCUT2D eigenvalue weighted by Crippen LogP contribution is 2.30. The van der Waals surface area contributed by atoms with Gasteiger partial charge in [-0.25, -0.2) is 4.99 Å². The van der Waals surface area contributed by atoms with Gasteiger partial charge in [0.05, 0.1) is 29.1 Å². The van der Waals surface area contributed by atoms with Crippen molar-refractivity contribution in [3.63, 3.8) is 0 Å². The van der Waals surface area contributed by atoms with Crippen LogP contribution in [0.15, 0.2) is 29.3 Å². The molecule has 2 unspecified atom stereocenters. The predicted octanol–water partition coefficient (Wildman–Crippen LogP) is 3.54. The Morgan fingerprint density at radius 2 is 2.00 bits per heavy atom. The molecular formula is C25H32N6O3. The van der Waals surface area contributed by atoms with E-state index in [0.717, 1.165) is 12.8 Å². The van der Waals surface area contributed by atoms with E-state index in [9.17, 15) is 20.1 Å². The molecule has 1 heterocycles. The normalized spacial score (nSPS) is 16.9. The fourth-order valence-corrected chi connectivity index (χ4v) is 3.42. The second-order valence-corrected chi connectivity index (χ2v) is 8.33. The Kier molecular flexibility index (Phi) is 9.35. The molecule has 0 radical (unpaired) electrons. The number of hydrogen-bond donors (Lipinski definition) is 2. The van der Waals surface area contributed by atoms with Crippen molar-refractivity contribution in [1.29, 1.82) is 10.5 Å². The Labute approximate surface area is 201 Å². The van der Waals surface area contributed by atoms with Crippen LogP contribution in [0.3, 0.4) is 0 Å². The average molecular weight is 465 g/mol. The molecule has 1 aliphatic heterocycles. The van der Waals surface area contributed by atoms with Gasteiger partial charge in [-0.1, -0.05) is 20.3 Å². The number of nitriles is 2. The number of hydrogen-bond acceptors (Lipinski definition) is 7. The summed E-state index contributed by atoms with van der Waals surface area (Å²) in [5.74, 6) is 0.0947. The zero-order valence-electron chi connectivity index (χ0n) is 20.4. The summed E-state index contributed by atoms with van der Waals surface area (Å²) in [6, 6.07) is 9.25. The van der Waals surface area contributed by atoms with Gasteiger partial charge in [0.15, 0.2) is 6.23 Å². The van der Waals surface area contributed by atoms with Crippen LogP contribution in [0.1, 0.15) is 64.5 Å². The van der Waals surface area contributed by atoms with Gasteiger partial charge >= 0.3 is 0 Å². The molecule has 1 aromatic rings. The van der Waals surface area contributed by atoms with Crippen LogP contribution >= 0.6 is 0 Å². The first-order valence-corrected chi connectivity index (χ1v) is 11.3. The molecule has 2 rings (SSSR count). The van der Waals surface area contributed by atoms with Crippen molar-refractivity contribution in [1.82, 2.24) is 10.2 Å². The fourth-order valence-electron chi connectivity index (χ4n) is 3.42. The van der Waals surface area contributed by atoms with Crippen molar-refractivity contribution in [2.45, 2.75) is 65.1 Å².